The van der Waals surface area contributed by atoms with Crippen LogP contribution < -0.4 is 0 Å². The fourth-order valence-electron chi connectivity index (χ4n) is 2.91. The number of unbranched alkanes of at least 4 members (excludes halogenated alkanes) is 8. The fraction of sp³-hybridized carbons (Fsp3) is 1.00. The largest absolute Gasteiger partial charge is 0.396 e. The van der Waals surface area contributed by atoms with E-state index in [1.54, 1.807) is 0 Å². The molecule has 1 atom stereocenters. The van der Waals surface area contributed by atoms with Gasteiger partial charge in [-0.1, -0.05) is 84.0 Å². The van der Waals surface area contributed by atoms with Crippen LogP contribution in [-0.2, 0) is 0 Å². The van der Waals surface area contributed by atoms with Crippen LogP contribution >= 0.6 is 0 Å². The molecule has 122 valence electrons. The van der Waals surface area contributed by atoms with Crippen LogP contribution in [0.2, 0.25) is 0 Å². The van der Waals surface area contributed by atoms with Gasteiger partial charge in [-0.3, -0.25) is 0 Å². The predicted octanol–water partition coefficient (Wildman–Crippen LogP) is 5.07. The van der Waals surface area contributed by atoms with Crippen molar-refractivity contribution in [1.82, 2.24) is 0 Å². The first kappa shape index (κ1) is 19.9. The van der Waals surface area contributed by atoms with Gasteiger partial charge in [-0.25, -0.2) is 0 Å². The third-order valence-corrected chi connectivity index (χ3v) is 4.26. The lowest BCUT2D eigenvalue weighted by atomic mass is 9.90. The summed E-state index contributed by atoms with van der Waals surface area (Å²) in [6.07, 6.45) is 17.8. The zero-order chi connectivity index (χ0) is 14.9. The SMILES string of the molecule is CCCCCCC(CCCCCO)CCCCCCO. The van der Waals surface area contributed by atoms with Crippen LogP contribution in [-0.4, -0.2) is 23.4 Å². The third-order valence-electron chi connectivity index (χ3n) is 4.26. The highest BCUT2D eigenvalue weighted by atomic mass is 16.3. The van der Waals surface area contributed by atoms with E-state index in [9.17, 15) is 0 Å². The Morgan fingerprint density at radius 1 is 0.550 bits per heavy atom. The molecule has 2 nitrogen and oxygen atoms in total. The Hall–Kier alpha value is -0.0800. The van der Waals surface area contributed by atoms with Gasteiger partial charge >= 0.3 is 0 Å². The number of aliphatic hydroxyl groups excluding tert-OH is 2. The molecule has 0 aromatic heterocycles. The van der Waals surface area contributed by atoms with Crippen LogP contribution in [0.1, 0.15) is 96.8 Å². The second kappa shape index (κ2) is 17.0. The molecule has 0 saturated heterocycles. The molecule has 0 bridgehead atoms. The van der Waals surface area contributed by atoms with Crippen LogP contribution in [0.5, 0.6) is 0 Å². The standard InChI is InChI=1S/C18H38O2/c1-2-3-4-8-13-18(15-10-7-12-17-20)14-9-5-6-11-16-19/h18-20H,2-17H2,1H3. The van der Waals surface area contributed by atoms with E-state index >= 15 is 0 Å². The maximum Gasteiger partial charge on any atom is 0.0431 e. The summed E-state index contributed by atoms with van der Waals surface area (Å²) in [6, 6.07) is 0. The Morgan fingerprint density at radius 3 is 1.40 bits per heavy atom. The van der Waals surface area contributed by atoms with Gasteiger partial charge in [-0.05, 0) is 18.8 Å². The summed E-state index contributed by atoms with van der Waals surface area (Å²) in [5.41, 5.74) is 0. The average molecular weight is 286 g/mol. The Balaban J connectivity index is 3.67. The van der Waals surface area contributed by atoms with E-state index in [4.69, 9.17) is 10.2 Å². The Morgan fingerprint density at radius 2 is 0.950 bits per heavy atom. The molecule has 0 rings (SSSR count). The van der Waals surface area contributed by atoms with E-state index in [2.05, 4.69) is 6.92 Å². The van der Waals surface area contributed by atoms with Gasteiger partial charge in [0.25, 0.3) is 0 Å². The molecule has 0 aliphatic heterocycles. The first-order valence-corrected chi connectivity index (χ1v) is 9.06. The normalized spacial score (nSPS) is 12.8. The maximum atomic E-state index is 8.84. The molecule has 1 unspecified atom stereocenters. The highest BCUT2D eigenvalue weighted by molar-refractivity contribution is 4.61. The van der Waals surface area contributed by atoms with Gasteiger partial charge in [0.05, 0.1) is 0 Å². The molecule has 2 heteroatoms. The van der Waals surface area contributed by atoms with Crippen LogP contribution in [0.15, 0.2) is 0 Å². The molecule has 0 saturated carbocycles. The van der Waals surface area contributed by atoms with Crippen molar-refractivity contribution in [2.75, 3.05) is 13.2 Å². The highest BCUT2D eigenvalue weighted by Crippen LogP contribution is 2.23. The second-order valence-corrected chi connectivity index (χ2v) is 6.21. The molecule has 0 fully saturated rings. The minimum absolute atomic E-state index is 0.349. The minimum Gasteiger partial charge on any atom is -0.396 e. The van der Waals surface area contributed by atoms with Gasteiger partial charge < -0.3 is 10.2 Å². The predicted molar refractivity (Wildman–Crippen MR) is 88.0 cm³/mol. The molecule has 0 amide bonds. The van der Waals surface area contributed by atoms with E-state index in [-0.39, 0.29) is 0 Å². The van der Waals surface area contributed by atoms with Gasteiger partial charge in [0, 0.05) is 13.2 Å². The maximum absolute atomic E-state index is 8.84. The molecule has 0 spiro atoms. The van der Waals surface area contributed by atoms with E-state index in [1.165, 1.54) is 77.0 Å². The second-order valence-electron chi connectivity index (χ2n) is 6.21. The summed E-state index contributed by atoms with van der Waals surface area (Å²) in [5, 5.41) is 17.6. The number of rotatable bonds is 16. The van der Waals surface area contributed by atoms with Crippen molar-refractivity contribution in [3.8, 4) is 0 Å². The zero-order valence-corrected chi connectivity index (χ0v) is 13.8. The third kappa shape index (κ3) is 14.3. The zero-order valence-electron chi connectivity index (χ0n) is 13.8. The molecule has 20 heavy (non-hydrogen) atoms. The molecule has 0 aromatic rings. The van der Waals surface area contributed by atoms with Crippen molar-refractivity contribution in [3.63, 3.8) is 0 Å². The Labute approximate surface area is 127 Å². The van der Waals surface area contributed by atoms with Crippen molar-refractivity contribution < 1.29 is 10.2 Å². The first-order chi connectivity index (χ1) is 9.85. The van der Waals surface area contributed by atoms with Gasteiger partial charge in [-0.15, -0.1) is 0 Å². The molecule has 0 aliphatic rings. The summed E-state index contributed by atoms with van der Waals surface area (Å²) in [6.45, 7) is 2.97. The van der Waals surface area contributed by atoms with Crippen molar-refractivity contribution in [1.29, 1.82) is 0 Å². The summed E-state index contributed by atoms with van der Waals surface area (Å²) in [4.78, 5) is 0. The summed E-state index contributed by atoms with van der Waals surface area (Å²) < 4.78 is 0. The minimum atomic E-state index is 0.349. The van der Waals surface area contributed by atoms with Crippen molar-refractivity contribution in [3.05, 3.63) is 0 Å². The summed E-state index contributed by atoms with van der Waals surface area (Å²) >= 11 is 0. The van der Waals surface area contributed by atoms with Gasteiger partial charge in [0.1, 0.15) is 0 Å². The van der Waals surface area contributed by atoms with E-state index < -0.39 is 0 Å². The van der Waals surface area contributed by atoms with E-state index in [0.717, 1.165) is 18.8 Å². The quantitative estimate of drug-likeness (QED) is 0.389. The van der Waals surface area contributed by atoms with Gasteiger partial charge in [-0.2, -0.15) is 0 Å². The lowest BCUT2D eigenvalue weighted by Gasteiger charge is -2.17. The summed E-state index contributed by atoms with van der Waals surface area (Å²) in [5.74, 6) is 0.902. The van der Waals surface area contributed by atoms with E-state index in [1.807, 2.05) is 0 Å². The lowest BCUT2D eigenvalue weighted by Crippen LogP contribution is -2.02. The topological polar surface area (TPSA) is 40.5 Å². The van der Waals surface area contributed by atoms with E-state index in [0.29, 0.717) is 13.2 Å². The highest BCUT2D eigenvalue weighted by Gasteiger charge is 2.08. The van der Waals surface area contributed by atoms with Crippen LogP contribution in [0.25, 0.3) is 0 Å². The number of hydrogen-bond donors (Lipinski definition) is 2. The van der Waals surface area contributed by atoms with Crippen LogP contribution in [0.3, 0.4) is 0 Å². The number of hydrogen-bond acceptors (Lipinski definition) is 2. The smallest absolute Gasteiger partial charge is 0.0431 e. The van der Waals surface area contributed by atoms with Crippen molar-refractivity contribution in [2.45, 2.75) is 96.8 Å². The molecular formula is C18H38O2. The molecule has 0 heterocycles. The molecular weight excluding hydrogens is 248 g/mol. The molecule has 0 aromatic carbocycles. The van der Waals surface area contributed by atoms with Crippen LogP contribution in [0.4, 0.5) is 0 Å². The molecule has 0 radical (unpaired) electrons. The van der Waals surface area contributed by atoms with Crippen LogP contribution in [0, 0.1) is 5.92 Å². The van der Waals surface area contributed by atoms with Crippen molar-refractivity contribution >= 4 is 0 Å². The van der Waals surface area contributed by atoms with Gasteiger partial charge in [0.2, 0.25) is 0 Å². The van der Waals surface area contributed by atoms with Crippen molar-refractivity contribution in [2.24, 2.45) is 5.92 Å². The lowest BCUT2D eigenvalue weighted by molar-refractivity contribution is 0.275. The average Bonchev–Trinajstić information content (AvgIpc) is 2.47. The Bertz CT molecular complexity index is 159. The molecule has 0 aliphatic carbocycles. The monoisotopic (exact) mass is 286 g/mol. The Kier molecular flexibility index (Phi) is 16.9. The fourth-order valence-corrected chi connectivity index (χ4v) is 2.91. The first-order valence-electron chi connectivity index (χ1n) is 9.06. The summed E-state index contributed by atoms with van der Waals surface area (Å²) in [7, 11) is 0. The molecule has 2 N–H and O–H groups in total. The number of aliphatic hydroxyl groups is 2. The van der Waals surface area contributed by atoms with Gasteiger partial charge in [0.15, 0.2) is 0 Å².